The van der Waals surface area contributed by atoms with Crippen LogP contribution in [0.5, 0.6) is 5.88 Å². The Morgan fingerprint density at radius 1 is 1.39 bits per heavy atom. The van der Waals surface area contributed by atoms with Gasteiger partial charge in [-0.2, -0.15) is 5.26 Å². The van der Waals surface area contributed by atoms with Crippen LogP contribution < -0.4 is 10.1 Å². The predicted octanol–water partition coefficient (Wildman–Crippen LogP) is 2.56. The summed E-state index contributed by atoms with van der Waals surface area (Å²) in [4.78, 5) is 4.13. The Kier molecular flexibility index (Phi) is 3.82. The number of nitrogens with one attached hydrogen (secondary N) is 1. The third-order valence-corrected chi connectivity index (χ3v) is 2.27. The Balaban J connectivity index is 1.91. The fraction of sp³-hybridized carbons (Fsp3) is 0.231. The summed E-state index contributed by atoms with van der Waals surface area (Å²) in [5.41, 5.74) is 0.869. The maximum Gasteiger partial charge on any atom is 0.213 e. The summed E-state index contributed by atoms with van der Waals surface area (Å²) in [6.07, 6.45) is 1.69. The fourth-order valence-corrected chi connectivity index (χ4v) is 1.44. The molecule has 92 valence electrons. The monoisotopic (exact) mass is 243 g/mol. The van der Waals surface area contributed by atoms with Gasteiger partial charge >= 0.3 is 0 Å². The van der Waals surface area contributed by atoms with Crippen molar-refractivity contribution in [2.45, 2.75) is 13.5 Å². The maximum atomic E-state index is 8.63. The van der Waals surface area contributed by atoms with Crippen LogP contribution in [0, 0.1) is 11.3 Å². The van der Waals surface area contributed by atoms with Crippen molar-refractivity contribution in [1.29, 1.82) is 5.26 Å². The minimum Gasteiger partial charge on any atom is -0.478 e. The first kappa shape index (κ1) is 12.0. The van der Waals surface area contributed by atoms with Crippen molar-refractivity contribution < 1.29 is 9.15 Å². The SMILES string of the molecule is CCOc1ccc(NCc2ccc(C#N)o2)cn1. The average Bonchev–Trinajstić information content (AvgIpc) is 2.86. The molecule has 0 amide bonds. The average molecular weight is 243 g/mol. The summed E-state index contributed by atoms with van der Waals surface area (Å²) in [5, 5.41) is 11.8. The Morgan fingerprint density at radius 2 is 2.28 bits per heavy atom. The van der Waals surface area contributed by atoms with Crippen LogP contribution in [0.3, 0.4) is 0 Å². The molecule has 0 unspecified atom stereocenters. The lowest BCUT2D eigenvalue weighted by atomic mass is 10.4. The number of nitrogens with zero attached hydrogens (tertiary/aromatic N) is 2. The van der Waals surface area contributed by atoms with Gasteiger partial charge in [0, 0.05) is 6.07 Å². The van der Waals surface area contributed by atoms with E-state index in [9.17, 15) is 0 Å². The predicted molar refractivity (Wildman–Crippen MR) is 66.2 cm³/mol. The quantitative estimate of drug-likeness (QED) is 0.873. The molecule has 2 rings (SSSR count). The van der Waals surface area contributed by atoms with E-state index >= 15 is 0 Å². The Bertz CT molecular complexity index is 540. The first-order chi connectivity index (χ1) is 8.81. The molecule has 0 radical (unpaired) electrons. The zero-order chi connectivity index (χ0) is 12.8. The second kappa shape index (κ2) is 5.73. The number of anilines is 1. The molecular formula is C13H13N3O2. The van der Waals surface area contributed by atoms with Crippen LogP contribution in [0.15, 0.2) is 34.9 Å². The van der Waals surface area contributed by atoms with Gasteiger partial charge < -0.3 is 14.5 Å². The first-order valence-corrected chi connectivity index (χ1v) is 5.63. The summed E-state index contributed by atoms with van der Waals surface area (Å²) in [5.74, 6) is 1.63. The van der Waals surface area contributed by atoms with E-state index < -0.39 is 0 Å². The molecule has 0 aliphatic rings. The van der Waals surface area contributed by atoms with E-state index in [2.05, 4.69) is 10.3 Å². The van der Waals surface area contributed by atoms with Gasteiger partial charge in [0.1, 0.15) is 11.8 Å². The standard InChI is InChI=1S/C13H13N3O2/c1-2-17-13-6-3-10(8-16-13)15-9-12-5-4-11(7-14)18-12/h3-6,8,15H,2,9H2,1H3. The molecule has 18 heavy (non-hydrogen) atoms. The number of rotatable bonds is 5. The number of furan rings is 1. The number of ether oxygens (including phenoxy) is 1. The normalized spacial score (nSPS) is 9.78. The number of nitriles is 1. The summed E-state index contributed by atoms with van der Waals surface area (Å²) in [6, 6.07) is 9.04. The second-order valence-electron chi connectivity index (χ2n) is 3.55. The van der Waals surface area contributed by atoms with E-state index in [1.807, 2.05) is 19.1 Å². The zero-order valence-electron chi connectivity index (χ0n) is 10.0. The van der Waals surface area contributed by atoms with Crippen molar-refractivity contribution in [3.05, 3.63) is 42.0 Å². The third kappa shape index (κ3) is 3.01. The van der Waals surface area contributed by atoms with Crippen molar-refractivity contribution in [3.8, 4) is 11.9 Å². The lowest BCUT2D eigenvalue weighted by molar-refractivity contribution is 0.327. The van der Waals surface area contributed by atoms with Gasteiger partial charge in [0.2, 0.25) is 11.6 Å². The van der Waals surface area contributed by atoms with Gasteiger partial charge in [-0.3, -0.25) is 0 Å². The van der Waals surface area contributed by atoms with Crippen LogP contribution in [-0.2, 0) is 6.54 Å². The second-order valence-corrected chi connectivity index (χ2v) is 3.55. The molecule has 1 N–H and O–H groups in total. The lowest BCUT2D eigenvalue weighted by Gasteiger charge is -2.05. The van der Waals surface area contributed by atoms with Crippen molar-refractivity contribution in [3.63, 3.8) is 0 Å². The van der Waals surface area contributed by atoms with E-state index in [1.165, 1.54) is 0 Å². The first-order valence-electron chi connectivity index (χ1n) is 5.63. The molecule has 5 nitrogen and oxygen atoms in total. The summed E-state index contributed by atoms with van der Waals surface area (Å²) in [7, 11) is 0. The van der Waals surface area contributed by atoms with Crippen LogP contribution >= 0.6 is 0 Å². The van der Waals surface area contributed by atoms with Gasteiger partial charge in [-0.05, 0) is 25.1 Å². The Hall–Kier alpha value is -2.48. The minimum atomic E-state index is 0.316. The van der Waals surface area contributed by atoms with Gasteiger partial charge in [0.15, 0.2) is 0 Å². The highest BCUT2D eigenvalue weighted by Gasteiger charge is 2.01. The summed E-state index contributed by atoms with van der Waals surface area (Å²) < 4.78 is 10.5. The number of hydrogen-bond acceptors (Lipinski definition) is 5. The van der Waals surface area contributed by atoms with Gasteiger partial charge in [-0.25, -0.2) is 4.98 Å². The van der Waals surface area contributed by atoms with Crippen LogP contribution in [0.4, 0.5) is 5.69 Å². The Morgan fingerprint density at radius 3 is 2.89 bits per heavy atom. The maximum absolute atomic E-state index is 8.63. The van der Waals surface area contributed by atoms with E-state index in [4.69, 9.17) is 14.4 Å². The number of hydrogen-bond donors (Lipinski definition) is 1. The number of aromatic nitrogens is 1. The molecule has 2 aromatic heterocycles. The largest absolute Gasteiger partial charge is 0.478 e. The Labute approximate surface area is 105 Å². The van der Waals surface area contributed by atoms with Gasteiger partial charge in [-0.15, -0.1) is 0 Å². The van der Waals surface area contributed by atoms with Crippen LogP contribution in [0.2, 0.25) is 0 Å². The van der Waals surface area contributed by atoms with Gasteiger partial charge in [-0.1, -0.05) is 0 Å². The molecule has 2 heterocycles. The highest BCUT2D eigenvalue weighted by Crippen LogP contribution is 2.13. The molecule has 0 spiro atoms. The zero-order valence-corrected chi connectivity index (χ0v) is 10.0. The van der Waals surface area contributed by atoms with Gasteiger partial charge in [0.05, 0.1) is 25.0 Å². The topological polar surface area (TPSA) is 71.1 Å². The van der Waals surface area contributed by atoms with Gasteiger partial charge in [0.25, 0.3) is 0 Å². The van der Waals surface area contributed by atoms with Crippen LogP contribution in [0.25, 0.3) is 0 Å². The van der Waals surface area contributed by atoms with Crippen molar-refractivity contribution in [2.75, 3.05) is 11.9 Å². The molecule has 0 aliphatic carbocycles. The molecule has 0 saturated heterocycles. The number of pyridine rings is 1. The van der Waals surface area contributed by atoms with Crippen molar-refractivity contribution in [1.82, 2.24) is 4.98 Å². The van der Waals surface area contributed by atoms with E-state index in [0.717, 1.165) is 5.69 Å². The lowest BCUT2D eigenvalue weighted by Crippen LogP contribution is -1.99. The van der Waals surface area contributed by atoms with Crippen molar-refractivity contribution >= 4 is 5.69 Å². The van der Waals surface area contributed by atoms with Crippen molar-refractivity contribution in [2.24, 2.45) is 0 Å². The van der Waals surface area contributed by atoms with E-state index in [1.54, 1.807) is 24.4 Å². The summed E-state index contributed by atoms with van der Waals surface area (Å²) >= 11 is 0. The molecule has 0 saturated carbocycles. The molecule has 0 bridgehead atoms. The van der Waals surface area contributed by atoms with E-state index in [-0.39, 0.29) is 0 Å². The molecule has 0 aromatic carbocycles. The highest BCUT2D eigenvalue weighted by atomic mass is 16.5. The van der Waals surface area contributed by atoms with E-state index in [0.29, 0.717) is 30.6 Å². The van der Waals surface area contributed by atoms with Crippen LogP contribution in [-0.4, -0.2) is 11.6 Å². The molecular weight excluding hydrogens is 230 g/mol. The third-order valence-electron chi connectivity index (χ3n) is 2.27. The molecule has 2 aromatic rings. The molecule has 5 heteroatoms. The van der Waals surface area contributed by atoms with Crippen LogP contribution in [0.1, 0.15) is 18.4 Å². The summed E-state index contributed by atoms with van der Waals surface area (Å²) in [6.45, 7) is 3.03. The smallest absolute Gasteiger partial charge is 0.213 e. The minimum absolute atomic E-state index is 0.316. The highest BCUT2D eigenvalue weighted by molar-refractivity contribution is 5.42. The molecule has 0 fully saturated rings. The fourth-order valence-electron chi connectivity index (χ4n) is 1.44. The molecule has 0 atom stereocenters. The molecule has 0 aliphatic heterocycles.